The second-order valence-corrected chi connectivity index (χ2v) is 27.2. The van der Waals surface area contributed by atoms with Crippen LogP contribution in [0.25, 0.3) is 0 Å². The molecule has 0 amide bonds. The third-order valence-electron chi connectivity index (χ3n) is 13.4. The number of Topliss-reactive ketones (excluding diaryl/α,β-unsaturated/α-hetero) is 1. The van der Waals surface area contributed by atoms with E-state index < -0.39 is 16.6 Å². The molecule has 9 atom stereocenters. The van der Waals surface area contributed by atoms with Gasteiger partial charge in [-0.25, -0.2) is 0 Å². The Bertz CT molecular complexity index is 1000. The van der Waals surface area contributed by atoms with E-state index >= 15 is 0 Å². The van der Waals surface area contributed by atoms with Gasteiger partial charge in [0, 0.05) is 30.0 Å². The quantitative estimate of drug-likeness (QED) is 0.249. The van der Waals surface area contributed by atoms with Gasteiger partial charge in [-0.2, -0.15) is 0 Å². The van der Waals surface area contributed by atoms with Crippen LogP contribution in [0.1, 0.15) is 93.9 Å². The van der Waals surface area contributed by atoms with Crippen LogP contribution in [0.3, 0.4) is 0 Å². The molecule has 5 aliphatic rings. The normalized spacial score (nSPS) is 43.1. The van der Waals surface area contributed by atoms with E-state index in [1.807, 2.05) is 0 Å². The molecule has 4 fully saturated rings. The Labute approximate surface area is 236 Å². The molecule has 0 aliphatic heterocycles. The van der Waals surface area contributed by atoms with Gasteiger partial charge in [0.25, 0.3) is 0 Å². The van der Waals surface area contributed by atoms with E-state index in [0.29, 0.717) is 47.4 Å². The molecule has 0 bridgehead atoms. The highest BCUT2D eigenvalue weighted by atomic mass is 28.4. The molecule has 5 rings (SSSR count). The third-order valence-corrected chi connectivity index (χ3v) is 22.4. The van der Waals surface area contributed by atoms with Crippen LogP contribution in [-0.2, 0) is 13.6 Å². The minimum atomic E-state index is -1.86. The van der Waals surface area contributed by atoms with Crippen LogP contribution < -0.4 is 0 Å². The van der Waals surface area contributed by atoms with Gasteiger partial charge in [-0.05, 0) is 104 Å². The Hall–Kier alpha value is -0.236. The molecular weight excluding hydrogens is 501 g/mol. The standard InChI is InChI=1S/C33H58O3Si2/c1-30(2,3)37(9,10)35-20-21-17-22-18-23(36-38(11,12)31(4,5)6)13-15-32(22,7)26-14-16-33(8)28(27(21)26)24-19-25(24)29(33)34/h17,21,23-28H,13-16,18-20H2,1-12H3/t21-,23+,24-,25+,26+,27-,28+,32+,33+/m1/s1. The van der Waals surface area contributed by atoms with E-state index in [2.05, 4.69) is 87.7 Å². The van der Waals surface area contributed by atoms with Gasteiger partial charge in [0.05, 0.1) is 0 Å². The fraction of sp³-hybridized carbons (Fsp3) is 0.909. The van der Waals surface area contributed by atoms with Crippen molar-refractivity contribution in [1.29, 1.82) is 0 Å². The summed E-state index contributed by atoms with van der Waals surface area (Å²) in [5.74, 6) is 3.89. The molecule has 216 valence electrons. The lowest BCUT2D eigenvalue weighted by Crippen LogP contribution is -2.56. The maximum absolute atomic E-state index is 13.5. The van der Waals surface area contributed by atoms with Crippen LogP contribution in [-0.4, -0.2) is 35.1 Å². The highest BCUT2D eigenvalue weighted by Crippen LogP contribution is 2.72. The van der Waals surface area contributed by atoms with Gasteiger partial charge in [0.1, 0.15) is 5.78 Å². The summed E-state index contributed by atoms with van der Waals surface area (Å²) in [7, 11) is -3.67. The van der Waals surface area contributed by atoms with E-state index in [1.165, 1.54) is 19.3 Å². The summed E-state index contributed by atoms with van der Waals surface area (Å²) in [6.45, 7) is 29.5. The minimum Gasteiger partial charge on any atom is -0.416 e. The van der Waals surface area contributed by atoms with Crippen molar-refractivity contribution in [1.82, 2.24) is 0 Å². The zero-order valence-electron chi connectivity index (χ0n) is 26.8. The zero-order chi connectivity index (χ0) is 28.3. The van der Waals surface area contributed by atoms with Gasteiger partial charge in [0.2, 0.25) is 0 Å². The topological polar surface area (TPSA) is 35.5 Å². The summed E-state index contributed by atoms with van der Waals surface area (Å²) in [5, 5.41) is 0.449. The monoisotopic (exact) mass is 558 g/mol. The number of hydrogen-bond acceptors (Lipinski definition) is 3. The number of fused-ring (bicyclic) bond motifs is 7. The number of hydrogen-bond donors (Lipinski definition) is 0. The summed E-state index contributed by atoms with van der Waals surface area (Å²) >= 11 is 0. The van der Waals surface area contributed by atoms with E-state index in [-0.39, 0.29) is 20.9 Å². The molecule has 0 aromatic heterocycles. The molecule has 0 aromatic rings. The van der Waals surface area contributed by atoms with Crippen molar-refractivity contribution in [3.63, 3.8) is 0 Å². The highest BCUT2D eigenvalue weighted by molar-refractivity contribution is 6.74. The fourth-order valence-electron chi connectivity index (χ4n) is 8.81. The number of ketones is 1. The van der Waals surface area contributed by atoms with Crippen molar-refractivity contribution >= 4 is 22.4 Å². The molecule has 5 heteroatoms. The predicted molar refractivity (Wildman–Crippen MR) is 163 cm³/mol. The first kappa shape index (κ1) is 29.3. The van der Waals surface area contributed by atoms with E-state index in [1.54, 1.807) is 5.57 Å². The molecule has 0 saturated heterocycles. The van der Waals surface area contributed by atoms with Crippen LogP contribution in [0.4, 0.5) is 0 Å². The molecule has 0 heterocycles. The SMILES string of the molecule is CC(C)(C)[Si](C)(C)OC[C@H]1C=C2C[C@@H](O[Si](C)(C)C(C)(C)C)CC[C@]2(C)[C@H]2CC[C@]3(C)C(=O)[C@H]4C[C@H]4[C@H]3[C@H]12. The zero-order valence-corrected chi connectivity index (χ0v) is 28.8. The van der Waals surface area contributed by atoms with Crippen molar-refractivity contribution in [2.24, 2.45) is 46.3 Å². The van der Waals surface area contributed by atoms with Gasteiger partial charge in [-0.1, -0.05) is 67.0 Å². The van der Waals surface area contributed by atoms with Crippen molar-refractivity contribution in [2.45, 2.75) is 136 Å². The molecule has 3 nitrogen and oxygen atoms in total. The van der Waals surface area contributed by atoms with E-state index in [4.69, 9.17) is 8.85 Å². The first-order chi connectivity index (χ1) is 17.2. The highest BCUT2D eigenvalue weighted by Gasteiger charge is 2.71. The Morgan fingerprint density at radius 1 is 0.921 bits per heavy atom. The first-order valence-electron chi connectivity index (χ1n) is 15.8. The molecule has 0 unspecified atom stereocenters. The Balaban J connectivity index is 1.48. The Morgan fingerprint density at radius 2 is 1.53 bits per heavy atom. The van der Waals surface area contributed by atoms with Gasteiger partial charge in [-0.15, -0.1) is 0 Å². The molecule has 0 aromatic carbocycles. The summed E-state index contributed by atoms with van der Waals surface area (Å²) in [6.07, 6.45) is 10.0. The molecule has 0 N–H and O–H groups in total. The molecule has 0 spiro atoms. The fourth-order valence-corrected chi connectivity index (χ4v) is 11.2. The molecular formula is C33H58O3Si2. The average Bonchev–Trinajstić information content (AvgIpc) is 3.51. The average molecular weight is 559 g/mol. The molecule has 4 saturated carbocycles. The van der Waals surface area contributed by atoms with E-state index in [0.717, 1.165) is 25.9 Å². The Morgan fingerprint density at radius 3 is 2.13 bits per heavy atom. The minimum absolute atomic E-state index is 0.0890. The molecule has 0 radical (unpaired) electrons. The first-order valence-corrected chi connectivity index (χ1v) is 21.6. The lowest BCUT2D eigenvalue weighted by molar-refractivity contribution is -0.138. The van der Waals surface area contributed by atoms with Crippen molar-refractivity contribution < 1.29 is 13.6 Å². The predicted octanol–water partition coefficient (Wildman–Crippen LogP) is 9.01. The maximum atomic E-state index is 13.5. The van der Waals surface area contributed by atoms with Gasteiger partial charge < -0.3 is 8.85 Å². The molecule has 38 heavy (non-hydrogen) atoms. The maximum Gasteiger partial charge on any atom is 0.192 e. The number of carbonyl (C=O) groups is 1. The Kier molecular flexibility index (Phi) is 6.84. The summed E-state index contributed by atoms with van der Waals surface area (Å²) in [5.41, 5.74) is 1.83. The van der Waals surface area contributed by atoms with Crippen LogP contribution >= 0.6 is 0 Å². The number of carbonyl (C=O) groups excluding carboxylic acids is 1. The van der Waals surface area contributed by atoms with Crippen molar-refractivity contribution in [3.05, 3.63) is 11.6 Å². The van der Waals surface area contributed by atoms with Crippen LogP contribution in [0, 0.1) is 46.3 Å². The molecule has 5 aliphatic carbocycles. The number of rotatable bonds is 5. The van der Waals surface area contributed by atoms with E-state index in [9.17, 15) is 4.79 Å². The summed E-state index contributed by atoms with van der Waals surface area (Å²) < 4.78 is 14.0. The van der Waals surface area contributed by atoms with Gasteiger partial charge in [0.15, 0.2) is 16.6 Å². The summed E-state index contributed by atoms with van der Waals surface area (Å²) in [4.78, 5) is 13.5. The lowest BCUT2D eigenvalue weighted by Gasteiger charge is -2.60. The second kappa shape index (κ2) is 8.88. The largest absolute Gasteiger partial charge is 0.416 e. The summed E-state index contributed by atoms with van der Waals surface area (Å²) in [6, 6.07) is 0. The second-order valence-electron chi connectivity index (χ2n) is 17.6. The smallest absolute Gasteiger partial charge is 0.192 e. The van der Waals surface area contributed by atoms with Gasteiger partial charge in [-0.3, -0.25) is 4.79 Å². The van der Waals surface area contributed by atoms with Crippen LogP contribution in [0.15, 0.2) is 11.6 Å². The van der Waals surface area contributed by atoms with Crippen LogP contribution in [0.2, 0.25) is 36.3 Å². The third kappa shape index (κ3) is 4.43. The van der Waals surface area contributed by atoms with Crippen molar-refractivity contribution in [2.75, 3.05) is 6.61 Å². The van der Waals surface area contributed by atoms with Crippen LogP contribution in [0.5, 0.6) is 0 Å². The van der Waals surface area contributed by atoms with Gasteiger partial charge >= 0.3 is 0 Å². The van der Waals surface area contributed by atoms with Crippen molar-refractivity contribution in [3.8, 4) is 0 Å². The lowest BCUT2D eigenvalue weighted by atomic mass is 9.45.